The van der Waals surface area contributed by atoms with Crippen LogP contribution >= 0.6 is 7.82 Å². The predicted molar refractivity (Wildman–Crippen MR) is 286 cm³/mol. The molecule has 386 valence electrons. The molecule has 0 aliphatic carbocycles. The van der Waals surface area contributed by atoms with Crippen LogP contribution in [0, 0.1) is 0 Å². The first kappa shape index (κ1) is 64.2. The summed E-state index contributed by atoms with van der Waals surface area (Å²) in [6.45, 7) is 4.72. The lowest BCUT2D eigenvalue weighted by Gasteiger charge is -2.25. The molecular formula is C57H108N2O6P+. The summed E-state index contributed by atoms with van der Waals surface area (Å²) in [6.07, 6.45) is 64.5. The molecule has 8 nitrogen and oxygen atoms in total. The summed E-state index contributed by atoms with van der Waals surface area (Å²) in [4.78, 5) is 23.3. The summed E-state index contributed by atoms with van der Waals surface area (Å²) in [5.41, 5.74) is 0. The number of phosphoric ester groups is 1. The summed E-state index contributed by atoms with van der Waals surface area (Å²) >= 11 is 0. The number of amides is 1. The maximum Gasteiger partial charge on any atom is 0.472 e. The third-order valence-electron chi connectivity index (χ3n) is 12.2. The lowest BCUT2D eigenvalue weighted by Crippen LogP contribution is -2.45. The van der Waals surface area contributed by atoms with Gasteiger partial charge in [0, 0.05) is 6.42 Å². The molecule has 0 aliphatic rings. The van der Waals surface area contributed by atoms with Gasteiger partial charge >= 0.3 is 7.82 Å². The van der Waals surface area contributed by atoms with Crippen molar-refractivity contribution in [2.24, 2.45) is 0 Å². The van der Waals surface area contributed by atoms with E-state index in [9.17, 15) is 19.4 Å². The van der Waals surface area contributed by atoms with Crippen molar-refractivity contribution in [2.45, 2.75) is 257 Å². The number of hydrogen-bond acceptors (Lipinski definition) is 5. The zero-order valence-electron chi connectivity index (χ0n) is 43.9. The fourth-order valence-electron chi connectivity index (χ4n) is 7.92. The molecule has 0 rings (SSSR count). The molecule has 0 saturated carbocycles. The summed E-state index contributed by atoms with van der Waals surface area (Å²) < 4.78 is 23.7. The Morgan fingerprint density at radius 2 is 0.909 bits per heavy atom. The molecule has 3 atom stereocenters. The van der Waals surface area contributed by atoms with Crippen molar-refractivity contribution in [1.82, 2.24) is 5.32 Å². The van der Waals surface area contributed by atoms with Crippen LogP contribution in [0.25, 0.3) is 0 Å². The van der Waals surface area contributed by atoms with E-state index in [4.69, 9.17) is 9.05 Å². The van der Waals surface area contributed by atoms with E-state index in [1.54, 1.807) is 6.08 Å². The van der Waals surface area contributed by atoms with Gasteiger partial charge in [-0.3, -0.25) is 13.8 Å². The molecule has 0 heterocycles. The first-order chi connectivity index (χ1) is 32.0. The summed E-state index contributed by atoms with van der Waals surface area (Å²) in [6, 6.07) is -0.852. The van der Waals surface area contributed by atoms with Crippen LogP contribution in [0.4, 0.5) is 0 Å². The zero-order valence-corrected chi connectivity index (χ0v) is 44.8. The first-order valence-corrected chi connectivity index (χ1v) is 29.2. The molecule has 0 aromatic heterocycles. The van der Waals surface area contributed by atoms with Gasteiger partial charge in [-0.25, -0.2) is 4.57 Å². The van der Waals surface area contributed by atoms with Crippen LogP contribution in [0.15, 0.2) is 60.8 Å². The molecule has 66 heavy (non-hydrogen) atoms. The van der Waals surface area contributed by atoms with Gasteiger partial charge in [0.05, 0.1) is 39.9 Å². The van der Waals surface area contributed by atoms with Gasteiger partial charge in [-0.1, -0.05) is 242 Å². The van der Waals surface area contributed by atoms with Crippen molar-refractivity contribution in [3.05, 3.63) is 60.8 Å². The number of phosphoric acid groups is 1. The van der Waals surface area contributed by atoms with Crippen LogP contribution in [-0.4, -0.2) is 73.4 Å². The summed E-state index contributed by atoms with van der Waals surface area (Å²) in [5.74, 6) is -0.182. The largest absolute Gasteiger partial charge is 0.472 e. The Morgan fingerprint density at radius 1 is 0.530 bits per heavy atom. The quantitative estimate of drug-likeness (QED) is 0.0243. The molecule has 0 aromatic carbocycles. The topological polar surface area (TPSA) is 105 Å². The number of quaternary nitrogens is 1. The Morgan fingerprint density at radius 3 is 1.33 bits per heavy atom. The van der Waals surface area contributed by atoms with Crippen LogP contribution in [0.2, 0.25) is 0 Å². The van der Waals surface area contributed by atoms with Crippen LogP contribution in [0.5, 0.6) is 0 Å². The SMILES string of the molecule is CC/C=C\C/C=C\C/C=C\C/C=C\CCCCCCCCCCCCC(=O)NC(COP(=O)(O)OCC[N+](C)(C)C)C(O)/C=C/CCCCCCCCCCCCCCCCCCCCC. The minimum Gasteiger partial charge on any atom is -0.387 e. The van der Waals surface area contributed by atoms with Crippen LogP contribution in [0.3, 0.4) is 0 Å². The molecule has 0 aromatic rings. The highest BCUT2D eigenvalue weighted by molar-refractivity contribution is 7.47. The molecule has 0 bridgehead atoms. The molecule has 9 heteroatoms. The van der Waals surface area contributed by atoms with E-state index in [1.807, 2.05) is 27.2 Å². The number of allylic oxidation sites excluding steroid dienone is 9. The van der Waals surface area contributed by atoms with Gasteiger partial charge in [-0.2, -0.15) is 0 Å². The minimum absolute atomic E-state index is 0.0590. The van der Waals surface area contributed by atoms with Crippen LogP contribution in [-0.2, 0) is 18.4 Å². The second kappa shape index (κ2) is 48.2. The van der Waals surface area contributed by atoms with E-state index in [1.165, 1.54) is 161 Å². The maximum atomic E-state index is 13.0. The number of nitrogens with one attached hydrogen (secondary N) is 1. The van der Waals surface area contributed by atoms with Gasteiger partial charge in [0.25, 0.3) is 0 Å². The molecule has 1 amide bonds. The Balaban J connectivity index is 4.27. The Labute approximate surface area is 409 Å². The van der Waals surface area contributed by atoms with Crippen LogP contribution in [0.1, 0.15) is 245 Å². The molecule has 0 aliphatic heterocycles. The zero-order chi connectivity index (χ0) is 48.5. The predicted octanol–water partition coefficient (Wildman–Crippen LogP) is 16.5. The Kier molecular flexibility index (Phi) is 46.9. The third kappa shape index (κ3) is 50.1. The van der Waals surface area contributed by atoms with E-state index in [0.29, 0.717) is 17.4 Å². The van der Waals surface area contributed by atoms with E-state index in [0.717, 1.165) is 64.2 Å². The maximum absolute atomic E-state index is 13.0. The van der Waals surface area contributed by atoms with Crippen LogP contribution < -0.4 is 5.32 Å². The van der Waals surface area contributed by atoms with Gasteiger partial charge in [0.2, 0.25) is 5.91 Å². The van der Waals surface area contributed by atoms with E-state index in [-0.39, 0.29) is 19.1 Å². The normalized spacial score (nSPS) is 14.5. The number of carbonyl (C=O) groups excluding carboxylic acids is 1. The minimum atomic E-state index is -4.35. The molecule has 3 unspecified atom stereocenters. The number of nitrogens with zero attached hydrogens (tertiary/aromatic N) is 1. The molecule has 3 N–H and O–H groups in total. The second-order valence-corrected chi connectivity index (χ2v) is 21.4. The van der Waals surface area contributed by atoms with Gasteiger partial charge < -0.3 is 19.8 Å². The first-order valence-electron chi connectivity index (χ1n) is 27.7. The molecule has 0 saturated heterocycles. The highest BCUT2D eigenvalue weighted by Gasteiger charge is 2.27. The number of hydrogen-bond donors (Lipinski definition) is 3. The molecule has 0 fully saturated rings. The average molecular weight is 948 g/mol. The second-order valence-electron chi connectivity index (χ2n) is 19.9. The van der Waals surface area contributed by atoms with E-state index < -0.39 is 20.0 Å². The monoisotopic (exact) mass is 948 g/mol. The number of rotatable bonds is 50. The fourth-order valence-corrected chi connectivity index (χ4v) is 8.65. The van der Waals surface area contributed by atoms with Crippen molar-refractivity contribution in [3.63, 3.8) is 0 Å². The number of likely N-dealkylation sites (N-methyl/N-ethyl adjacent to an activating group) is 1. The number of aliphatic hydroxyl groups excluding tert-OH is 1. The molecule has 0 radical (unpaired) electrons. The number of aliphatic hydroxyl groups is 1. The Bertz CT molecular complexity index is 1260. The summed E-state index contributed by atoms with van der Waals surface area (Å²) in [5, 5.41) is 13.9. The van der Waals surface area contributed by atoms with Crippen molar-refractivity contribution in [2.75, 3.05) is 40.9 Å². The lowest BCUT2D eigenvalue weighted by atomic mass is 10.0. The van der Waals surface area contributed by atoms with Crippen molar-refractivity contribution >= 4 is 13.7 Å². The number of carbonyl (C=O) groups is 1. The average Bonchev–Trinajstić information content (AvgIpc) is 3.28. The van der Waals surface area contributed by atoms with Gasteiger partial charge in [-0.15, -0.1) is 0 Å². The van der Waals surface area contributed by atoms with Crippen molar-refractivity contribution < 1.29 is 32.9 Å². The highest BCUT2D eigenvalue weighted by atomic mass is 31.2. The fraction of sp³-hybridized carbons (Fsp3) is 0.807. The standard InChI is InChI=1S/C57H107N2O6P/c1-6-8-10-12-14-16-18-20-22-24-26-28-29-31-33-35-37-39-41-43-45-47-49-51-57(61)58-55(54-65-66(62,63)64-53-52-59(3,4)5)56(60)50-48-46-44-42-40-38-36-34-32-30-27-25-23-21-19-17-15-13-11-9-7-2/h8,10,14,16,20,22,26,28,48,50,55-56,60H,6-7,9,11-13,15,17-19,21,23-25,27,29-47,49,51-54H2,1-5H3,(H-,58,61,62,63)/p+1/b10-8-,16-14-,22-20-,28-26-,50-48+. The summed E-state index contributed by atoms with van der Waals surface area (Å²) in [7, 11) is 1.57. The van der Waals surface area contributed by atoms with E-state index in [2.05, 4.69) is 67.8 Å². The third-order valence-corrected chi connectivity index (χ3v) is 13.2. The number of unbranched alkanes of at least 4 members (excludes halogenated alkanes) is 29. The van der Waals surface area contributed by atoms with Gasteiger partial charge in [-0.05, 0) is 57.8 Å². The Hall–Kier alpha value is -1.80. The van der Waals surface area contributed by atoms with Crippen molar-refractivity contribution in [3.8, 4) is 0 Å². The van der Waals surface area contributed by atoms with E-state index >= 15 is 0 Å². The lowest BCUT2D eigenvalue weighted by molar-refractivity contribution is -0.870. The van der Waals surface area contributed by atoms with Gasteiger partial charge in [0.1, 0.15) is 13.2 Å². The molecule has 0 spiro atoms. The highest BCUT2D eigenvalue weighted by Crippen LogP contribution is 2.43. The van der Waals surface area contributed by atoms with Crippen molar-refractivity contribution in [1.29, 1.82) is 0 Å². The van der Waals surface area contributed by atoms with Gasteiger partial charge in [0.15, 0.2) is 0 Å². The molecular weight excluding hydrogens is 840 g/mol. The smallest absolute Gasteiger partial charge is 0.387 e.